The third-order valence-corrected chi connectivity index (χ3v) is 11.9. The van der Waals surface area contributed by atoms with E-state index in [1.807, 2.05) is 0 Å². The number of aryl methyl sites for hydroxylation is 1. The summed E-state index contributed by atoms with van der Waals surface area (Å²) in [5.74, 6) is 0. The molecule has 2 unspecified atom stereocenters. The fraction of sp³-hybridized carbons (Fsp3) is 0.0400. The smallest absolute Gasteiger partial charge is 0.0726 e. The van der Waals surface area contributed by atoms with Crippen LogP contribution in [-0.4, -0.2) is 4.57 Å². The lowest BCUT2D eigenvalue weighted by Gasteiger charge is -2.32. The molecule has 0 N–H and O–H groups in total. The van der Waals surface area contributed by atoms with Crippen molar-refractivity contribution in [2.24, 2.45) is 0 Å². The number of hydrogen-bond donors (Lipinski definition) is 0. The fourth-order valence-corrected chi connectivity index (χ4v) is 9.68. The molecular weight excluding hydrogens is 660 g/mol. The summed E-state index contributed by atoms with van der Waals surface area (Å²) in [4.78, 5) is 2.43. The van der Waals surface area contributed by atoms with E-state index < -0.39 is 5.41 Å². The van der Waals surface area contributed by atoms with Crippen LogP contribution in [0.1, 0.15) is 27.8 Å². The van der Waals surface area contributed by atoms with Gasteiger partial charge in [0, 0.05) is 33.5 Å². The highest BCUT2D eigenvalue weighted by molar-refractivity contribution is 7.27. The topological polar surface area (TPSA) is 8.17 Å². The van der Waals surface area contributed by atoms with E-state index in [1.54, 1.807) is 0 Å². The highest BCUT2D eigenvalue weighted by atomic mass is 31.0. The minimum Gasteiger partial charge on any atom is -0.310 e. The first-order chi connectivity index (χ1) is 26.1. The Bertz CT molecular complexity index is 2870. The van der Waals surface area contributed by atoms with Crippen LogP contribution in [0.5, 0.6) is 0 Å². The maximum absolute atomic E-state index is 2.96. The average molecular weight is 695 g/mol. The Hall–Kier alpha value is -6.21. The zero-order valence-electron chi connectivity index (χ0n) is 29.3. The lowest BCUT2D eigenvalue weighted by molar-refractivity contribution is 0.793. The van der Waals surface area contributed by atoms with Crippen molar-refractivity contribution < 1.29 is 0 Å². The number of para-hydroxylation sites is 3. The number of nitrogens with zero attached hydrogens (tertiary/aromatic N) is 2. The van der Waals surface area contributed by atoms with Crippen LogP contribution in [0.4, 0.5) is 17.1 Å². The van der Waals surface area contributed by atoms with Crippen molar-refractivity contribution in [2.45, 2.75) is 12.3 Å². The van der Waals surface area contributed by atoms with Crippen LogP contribution in [0, 0.1) is 6.92 Å². The van der Waals surface area contributed by atoms with Crippen molar-refractivity contribution in [3.05, 3.63) is 210 Å². The molecule has 2 atom stereocenters. The predicted molar refractivity (Wildman–Crippen MR) is 226 cm³/mol. The van der Waals surface area contributed by atoms with E-state index in [4.69, 9.17) is 0 Å². The van der Waals surface area contributed by atoms with Crippen molar-refractivity contribution in [3.8, 4) is 27.9 Å². The Morgan fingerprint density at radius 3 is 1.85 bits per heavy atom. The van der Waals surface area contributed by atoms with E-state index in [1.165, 1.54) is 77.2 Å². The second kappa shape index (κ2) is 11.4. The van der Waals surface area contributed by atoms with Crippen LogP contribution in [0.3, 0.4) is 0 Å². The summed E-state index contributed by atoms with van der Waals surface area (Å²) in [5, 5.41) is 3.67. The Labute approximate surface area is 311 Å². The third-order valence-electron chi connectivity index (χ3n) is 11.5. The van der Waals surface area contributed by atoms with Crippen LogP contribution < -0.4 is 10.2 Å². The molecular formula is C50H35N2P. The van der Waals surface area contributed by atoms with E-state index in [0.29, 0.717) is 0 Å². The minimum absolute atomic E-state index is 0.430. The first-order valence-corrected chi connectivity index (χ1v) is 18.9. The average Bonchev–Trinajstić information content (AvgIpc) is 3.79. The predicted octanol–water partition coefficient (Wildman–Crippen LogP) is 12.4. The highest BCUT2D eigenvalue weighted by Crippen LogP contribution is 2.63. The standard InChI is InChI=1S/C50H35N2P/c1-32-20-24-39-41-26-23-37(53)31-47(41)50(45(39)28-32)44-18-10-8-16-38(44)40-25-21-36(30-46(40)50)51(33-12-4-2-5-13-33)35-22-27-49-43(29-35)42-17-9-11-19-48(42)52(49)34-14-6-3-7-15-34/h2-31H,53H2,1H3. The molecule has 53 heavy (non-hydrogen) atoms. The third kappa shape index (κ3) is 4.25. The normalized spacial score (nSPS) is 15.1. The molecule has 2 aliphatic rings. The number of rotatable bonds is 4. The lowest BCUT2D eigenvalue weighted by Crippen LogP contribution is -2.27. The van der Waals surface area contributed by atoms with Gasteiger partial charge in [-0.25, -0.2) is 0 Å². The summed E-state index contributed by atoms with van der Waals surface area (Å²) in [6.07, 6.45) is 0. The molecule has 1 aromatic heterocycles. The van der Waals surface area contributed by atoms with E-state index in [9.17, 15) is 0 Å². The van der Waals surface area contributed by atoms with Crippen LogP contribution in [0.25, 0.3) is 49.7 Å². The van der Waals surface area contributed by atoms with Crippen molar-refractivity contribution in [2.75, 3.05) is 4.90 Å². The second-order valence-corrected chi connectivity index (χ2v) is 15.1. The van der Waals surface area contributed by atoms with E-state index in [2.05, 4.69) is 208 Å². The molecule has 0 amide bonds. The maximum Gasteiger partial charge on any atom is 0.0726 e. The van der Waals surface area contributed by atoms with E-state index >= 15 is 0 Å². The Kier molecular flexibility index (Phi) is 6.54. The van der Waals surface area contributed by atoms with Gasteiger partial charge in [-0.2, -0.15) is 0 Å². The summed E-state index contributed by atoms with van der Waals surface area (Å²) < 4.78 is 2.38. The molecule has 11 rings (SSSR count). The van der Waals surface area contributed by atoms with Crippen molar-refractivity contribution in [1.82, 2.24) is 4.57 Å². The van der Waals surface area contributed by atoms with Gasteiger partial charge in [0.15, 0.2) is 0 Å². The van der Waals surface area contributed by atoms with Gasteiger partial charge in [0.25, 0.3) is 0 Å². The number of aromatic nitrogens is 1. The van der Waals surface area contributed by atoms with Crippen molar-refractivity contribution in [1.29, 1.82) is 0 Å². The van der Waals surface area contributed by atoms with Gasteiger partial charge in [-0.3, -0.25) is 0 Å². The molecule has 0 saturated carbocycles. The van der Waals surface area contributed by atoms with Crippen molar-refractivity contribution >= 4 is 53.4 Å². The number of hydrogen-bond acceptors (Lipinski definition) is 1. The van der Waals surface area contributed by atoms with Gasteiger partial charge in [0.1, 0.15) is 0 Å². The van der Waals surface area contributed by atoms with Crippen LogP contribution in [-0.2, 0) is 5.41 Å². The first-order valence-electron chi connectivity index (χ1n) is 18.3. The summed E-state index contributed by atoms with van der Waals surface area (Å²) in [6, 6.07) is 67.5. The highest BCUT2D eigenvalue weighted by Gasteiger charge is 2.52. The number of fused-ring (bicyclic) bond motifs is 13. The minimum atomic E-state index is -0.430. The van der Waals surface area contributed by atoms with Gasteiger partial charge in [-0.1, -0.05) is 121 Å². The van der Waals surface area contributed by atoms with Crippen molar-refractivity contribution in [3.63, 3.8) is 0 Å². The van der Waals surface area contributed by atoms with Crippen LogP contribution in [0.2, 0.25) is 0 Å². The van der Waals surface area contributed by atoms with Crippen LogP contribution in [0.15, 0.2) is 182 Å². The van der Waals surface area contributed by atoms with E-state index in [0.717, 1.165) is 22.7 Å². The summed E-state index contributed by atoms with van der Waals surface area (Å²) >= 11 is 0. The first kappa shape index (κ1) is 30.4. The molecule has 2 nitrogen and oxygen atoms in total. The number of benzene rings is 8. The molecule has 1 spiro atoms. The van der Waals surface area contributed by atoms with Gasteiger partial charge in [-0.15, -0.1) is 9.24 Å². The largest absolute Gasteiger partial charge is 0.310 e. The molecule has 1 heterocycles. The molecule has 0 fully saturated rings. The molecule has 0 aliphatic heterocycles. The van der Waals surface area contributed by atoms with Gasteiger partial charge in [0.05, 0.1) is 16.4 Å². The molecule has 3 heteroatoms. The summed E-state index contributed by atoms with van der Waals surface area (Å²) in [6.45, 7) is 2.22. The van der Waals surface area contributed by atoms with Crippen LogP contribution >= 0.6 is 9.24 Å². The SMILES string of the molecule is Cc1ccc2c(c1)C1(c3ccccc3-c3ccc(N(c4ccccc4)c4ccc5c(c4)c4ccccc4n5-c4ccccc4)cc31)c1cc(P)ccc1-2. The fourth-order valence-electron chi connectivity index (χ4n) is 9.42. The number of anilines is 3. The van der Waals surface area contributed by atoms with Gasteiger partial charge in [-0.05, 0) is 123 Å². The maximum atomic E-state index is 2.96. The molecule has 0 bridgehead atoms. The second-order valence-electron chi connectivity index (χ2n) is 14.4. The van der Waals surface area contributed by atoms with Gasteiger partial charge < -0.3 is 9.47 Å². The Balaban J connectivity index is 1.18. The Morgan fingerprint density at radius 2 is 1.02 bits per heavy atom. The quantitative estimate of drug-likeness (QED) is 0.167. The van der Waals surface area contributed by atoms with Gasteiger partial charge >= 0.3 is 0 Å². The Morgan fingerprint density at radius 1 is 0.434 bits per heavy atom. The molecule has 2 aliphatic carbocycles. The lowest BCUT2D eigenvalue weighted by atomic mass is 9.70. The molecule has 250 valence electrons. The van der Waals surface area contributed by atoms with Gasteiger partial charge in [0.2, 0.25) is 0 Å². The zero-order chi connectivity index (χ0) is 35.3. The molecule has 9 aromatic rings. The zero-order valence-corrected chi connectivity index (χ0v) is 30.4. The summed E-state index contributed by atoms with van der Waals surface area (Å²) in [5.41, 5.74) is 18.5. The molecule has 0 radical (unpaired) electrons. The van der Waals surface area contributed by atoms with E-state index in [-0.39, 0.29) is 0 Å². The molecule has 0 saturated heterocycles. The summed E-state index contributed by atoms with van der Waals surface area (Å²) in [7, 11) is 2.96. The molecule has 8 aromatic carbocycles. The monoisotopic (exact) mass is 694 g/mol.